The summed E-state index contributed by atoms with van der Waals surface area (Å²) in [5.41, 5.74) is -7.59. The number of Topliss-reactive ketones (excluding diaryl/α,β-unsaturated/α-hetero) is 4. The smallest absolute Gasteiger partial charge is 0.267 e. The highest BCUT2D eigenvalue weighted by Gasteiger charge is 2.33. The first kappa shape index (κ1) is 55.0. The van der Waals surface area contributed by atoms with Crippen molar-refractivity contribution in [3.8, 4) is 0 Å². The fraction of sp³-hybridized carbons (Fsp3) is 0.250. The van der Waals surface area contributed by atoms with Crippen molar-refractivity contribution in [2.75, 3.05) is 40.1 Å². The summed E-state index contributed by atoms with van der Waals surface area (Å²) in [5.74, 6) is -11.2. The van der Waals surface area contributed by atoms with E-state index in [0.29, 0.717) is 84.2 Å². The first-order chi connectivity index (χ1) is 70.0. The molecule has 632 valence electrons. The van der Waals surface area contributed by atoms with Crippen LogP contribution in [0.1, 0.15) is 233 Å². The summed E-state index contributed by atoms with van der Waals surface area (Å²) < 4.78 is 391. The van der Waals surface area contributed by atoms with Crippen LogP contribution in [-0.4, -0.2) is 101 Å². The summed E-state index contributed by atoms with van der Waals surface area (Å²) in [7, 11) is -19.7. The van der Waals surface area contributed by atoms with Gasteiger partial charge in [-0.3, -0.25) is 38.4 Å². The number of amides is 4. The molecule has 0 saturated carbocycles. The van der Waals surface area contributed by atoms with E-state index in [2.05, 4.69) is 25.1 Å². The SMILES string of the molecule is [2H]N(C(=O)c1sccc1S(=O)(=O)N([2H])c1onc(C([2H])([2H])[2H])c1C([2H])([2H])[2H])c1c(C(C)=O)cc(C([2H])([2H])[2H])cc1C([2H])([2H])[2H].[2H]N(C(=O)c1sccc1S(=O)(=O)N([2H])c1onc(C([2H])([2H])[2H])c1C)c1c(C(C)=O)cc(C([2H])([2H])[2H])cc1C([2H])([2H])[2H].[2H]c1c(C)cc(C)c(N([2H])C(=O)c2sccc2S(=O)(=O)N([2H])c2onc(C)c2C([2H])([2H])[2H])c1C(C)=O.[2H]c1c(C)cc(C)c(N([2H])C(=O)c2sccc2S(=O)(=O)N([2H])c2onc(C)c2C)c1C(C)=O. The van der Waals surface area contributed by atoms with Gasteiger partial charge in [-0.2, -0.15) is 0 Å². The molecule has 4 aromatic carbocycles. The van der Waals surface area contributed by atoms with Crippen LogP contribution in [0.4, 0.5) is 46.3 Å². The number of hydrogen-bond donors (Lipinski definition) is 8. The summed E-state index contributed by atoms with van der Waals surface area (Å²) in [6.45, 7) is -7.84. The maximum Gasteiger partial charge on any atom is 0.267 e. The average molecular weight is 1820 g/mol. The van der Waals surface area contributed by atoms with Crippen molar-refractivity contribution in [2.45, 2.75) is 157 Å². The van der Waals surface area contributed by atoms with Crippen molar-refractivity contribution >= 4 is 178 Å². The van der Waals surface area contributed by atoms with Crippen LogP contribution in [0, 0.1) is 110 Å². The molecular weight excluding hydrogens is 1710 g/mol. The lowest BCUT2D eigenvalue weighted by Crippen LogP contribution is -2.20. The van der Waals surface area contributed by atoms with E-state index in [9.17, 15) is 72.0 Å². The third-order valence-corrected chi connectivity index (χ3v) is 25.4. The van der Waals surface area contributed by atoms with Crippen LogP contribution in [0.5, 0.6) is 0 Å². The maximum absolute atomic E-state index is 13.5. The molecule has 120 heavy (non-hydrogen) atoms. The number of nitrogens with one attached hydrogen (secondary N) is 8. The van der Waals surface area contributed by atoms with E-state index in [0.717, 1.165) is 78.4 Å². The van der Waals surface area contributed by atoms with Gasteiger partial charge in [-0.25, -0.2) is 52.5 Å². The van der Waals surface area contributed by atoms with Crippen molar-refractivity contribution in [3.63, 3.8) is 0 Å². The van der Waals surface area contributed by atoms with E-state index in [1.807, 2.05) is 0 Å². The average Bonchev–Trinajstić information content (AvgIpc) is 1.54. The van der Waals surface area contributed by atoms with Crippen molar-refractivity contribution in [2.24, 2.45) is 0 Å². The van der Waals surface area contributed by atoms with E-state index >= 15 is 0 Å². The lowest BCUT2D eigenvalue weighted by atomic mass is 10.0. The molecule has 0 aliphatic heterocycles. The number of sulfonamides is 4. The summed E-state index contributed by atoms with van der Waals surface area (Å²) in [6.07, 6.45) is 0. The molecule has 0 atom stereocenters. The summed E-state index contributed by atoms with van der Waals surface area (Å²) >= 11 is 2.38. The Balaban J connectivity index is 0.000000228. The first-order valence-electron chi connectivity index (χ1n) is 49.9. The van der Waals surface area contributed by atoms with Gasteiger partial charge < -0.3 is 39.3 Å². The minimum Gasteiger partial charge on any atom is -0.337 e. The topological polar surface area (TPSA) is 473 Å². The van der Waals surface area contributed by atoms with Crippen LogP contribution in [-0.2, 0) is 40.1 Å². The number of carbonyl (C=O) groups is 8. The summed E-state index contributed by atoms with van der Waals surface area (Å²) in [4.78, 5) is 97.7. The quantitative estimate of drug-likeness (QED) is 0.0260. The van der Waals surface area contributed by atoms with Gasteiger partial charge in [-0.1, -0.05) is 44.9 Å². The van der Waals surface area contributed by atoms with Gasteiger partial charge in [-0.15, -0.1) is 45.3 Å². The molecule has 0 unspecified atom stereocenters. The van der Waals surface area contributed by atoms with Crippen LogP contribution < -0.4 is 40.1 Å². The van der Waals surface area contributed by atoms with Gasteiger partial charge in [0.2, 0.25) is 23.5 Å². The van der Waals surface area contributed by atoms with Gasteiger partial charge >= 0.3 is 0 Å². The zero-order valence-corrected chi connectivity index (χ0v) is 70.4. The van der Waals surface area contributed by atoms with Gasteiger partial charge in [0.1, 0.15) is 39.1 Å². The molecule has 8 aromatic heterocycles. The van der Waals surface area contributed by atoms with Crippen LogP contribution in [0.3, 0.4) is 0 Å². The molecular formula is C80H84N12O20S8. The number of rotatable bonds is 24. The van der Waals surface area contributed by atoms with E-state index in [-0.39, 0.29) is 81.4 Å². The molecule has 40 heteroatoms. The number of anilines is 8. The monoisotopic (exact) mass is 1820 g/mol. The van der Waals surface area contributed by atoms with Gasteiger partial charge in [0.25, 0.3) is 63.7 Å². The van der Waals surface area contributed by atoms with Crippen LogP contribution in [0.15, 0.2) is 132 Å². The van der Waals surface area contributed by atoms with E-state index < -0.39 is 266 Å². The van der Waals surface area contributed by atoms with Crippen LogP contribution >= 0.6 is 45.3 Å². The Morgan fingerprint density at radius 2 is 0.592 bits per heavy atom. The largest absolute Gasteiger partial charge is 0.337 e. The number of aryl methyl sites for hydroxylation is 12. The third-order valence-electron chi connectivity index (χ3n) is 16.0. The van der Waals surface area contributed by atoms with E-state index in [1.165, 1.54) is 44.5 Å². The summed E-state index contributed by atoms with van der Waals surface area (Å²) in [5, 5.41) is 19.0. The Morgan fingerprint density at radius 1 is 0.333 bits per heavy atom. The van der Waals surface area contributed by atoms with Crippen molar-refractivity contribution in [3.05, 3.63) is 226 Å². The highest BCUT2D eigenvalue weighted by atomic mass is 32.2. The number of hydrogen-bond acceptors (Lipinski definition) is 28. The molecule has 8 N–H and O–H groups in total. The van der Waals surface area contributed by atoms with Crippen LogP contribution in [0.2, 0.25) is 11.3 Å². The number of thiophene rings is 4. The molecule has 0 saturated heterocycles. The standard InChI is InChI=1S/4C20H21N3O5S2/c4*1-10-8-11(2)17(15(9-10)14(5)24)21-19(25)18-16(6-7-29-18)30(26,27)23-20-12(3)13(4)22-28-20/h4*6-9,23H,1-5H3,(H,21,25)/i1D3,2D3,3D3,4D3;1D3,2D3,4D3;3D3,9D;9D/hD8. The minimum absolute atomic E-state index is 0.0205. The van der Waals surface area contributed by atoms with Crippen molar-refractivity contribution in [1.29, 1.82) is 0 Å². The molecule has 0 aliphatic rings. The molecule has 0 bridgehead atoms. The maximum atomic E-state index is 13.5. The van der Waals surface area contributed by atoms with E-state index in [4.69, 9.17) is 60.5 Å². The van der Waals surface area contributed by atoms with Gasteiger partial charge in [0.05, 0.1) is 48.3 Å². The Labute approximate surface area is 756 Å². The molecule has 0 spiro atoms. The predicted molar refractivity (Wildman–Crippen MR) is 460 cm³/mol. The molecule has 0 radical (unpaired) electrons. The zero-order chi connectivity index (χ0) is 118. The molecule has 8 heterocycles. The molecule has 12 rings (SSSR count). The van der Waals surface area contributed by atoms with Gasteiger partial charge in [0, 0.05) is 77.4 Å². The highest BCUT2D eigenvalue weighted by Crippen LogP contribution is 2.36. The fourth-order valence-corrected chi connectivity index (χ4v) is 19.1. The number of aromatic nitrogens is 4. The normalized spacial score (nSPS) is 16.3. The third kappa shape index (κ3) is 21.0. The second-order valence-electron chi connectivity index (χ2n) is 25.0. The van der Waals surface area contributed by atoms with Crippen molar-refractivity contribution in [1.82, 2.24) is 20.6 Å². The van der Waals surface area contributed by atoms with Gasteiger partial charge in [-0.05, 0) is 252 Å². The van der Waals surface area contributed by atoms with Gasteiger partial charge in [0.15, 0.2) is 34.4 Å². The zero-order valence-electron chi connectivity index (χ0n) is 97.9. The Kier molecular flexibility index (Phi) is 17.0. The lowest BCUT2D eigenvalue weighted by molar-refractivity contribution is 0.100. The Hall–Kier alpha value is -11.9. The number of nitrogens with zero attached hydrogens (tertiary/aromatic N) is 4. The second-order valence-corrected chi connectivity index (χ2v) is 34.9. The molecule has 12 aromatic rings. The Bertz CT molecular complexity index is 8050. The number of ketones is 4. The molecule has 0 fully saturated rings. The predicted octanol–water partition coefficient (Wildman–Crippen LogP) is 16.9. The number of benzene rings is 4. The minimum atomic E-state index is -5.29. The fourth-order valence-electron chi connectivity index (χ4n) is 10.1. The van der Waals surface area contributed by atoms with Crippen molar-refractivity contribution < 1.29 is 137 Å². The molecule has 4 amide bonds. The summed E-state index contributed by atoms with van der Waals surface area (Å²) in [6, 6.07) is 9.76. The second kappa shape index (κ2) is 37.2. The first-order valence-corrected chi connectivity index (χ1v) is 42.6. The Morgan fingerprint density at radius 3 is 0.858 bits per heavy atom. The number of carbonyl (C=O) groups excluding carboxylic acids is 8. The molecule has 32 nitrogen and oxygen atoms in total. The van der Waals surface area contributed by atoms with Crippen LogP contribution in [0.25, 0.3) is 0 Å². The molecule has 0 aliphatic carbocycles. The highest BCUT2D eigenvalue weighted by molar-refractivity contribution is 7.94. The lowest BCUT2D eigenvalue weighted by Gasteiger charge is -2.14. The van der Waals surface area contributed by atoms with E-state index in [1.54, 1.807) is 47.6 Å².